The first-order valence-corrected chi connectivity index (χ1v) is 9.51. The lowest BCUT2D eigenvalue weighted by molar-refractivity contribution is -0.143. The summed E-state index contributed by atoms with van der Waals surface area (Å²) >= 11 is 0. The van der Waals surface area contributed by atoms with Crippen LogP contribution in [0.5, 0.6) is 0 Å². The van der Waals surface area contributed by atoms with Crippen LogP contribution in [0.2, 0.25) is 0 Å². The lowest BCUT2D eigenvalue weighted by atomic mass is 9.81. The summed E-state index contributed by atoms with van der Waals surface area (Å²) < 4.78 is 0. The zero-order valence-corrected chi connectivity index (χ0v) is 14.5. The van der Waals surface area contributed by atoms with Gasteiger partial charge in [-0.25, -0.2) is 0 Å². The molecule has 0 spiro atoms. The summed E-state index contributed by atoms with van der Waals surface area (Å²) in [6.45, 7) is 3.83. The molecule has 0 aromatic rings. The molecule has 1 aliphatic carbocycles. The molecular weight excluding hydrogens is 306 g/mol. The van der Waals surface area contributed by atoms with E-state index in [0.717, 1.165) is 51.7 Å². The molecule has 0 radical (unpaired) electrons. The highest BCUT2D eigenvalue weighted by Crippen LogP contribution is 2.37. The minimum absolute atomic E-state index is 0.103. The molecule has 24 heavy (non-hydrogen) atoms. The van der Waals surface area contributed by atoms with Crippen molar-refractivity contribution in [3.63, 3.8) is 0 Å². The van der Waals surface area contributed by atoms with Crippen LogP contribution in [0.15, 0.2) is 0 Å². The Morgan fingerprint density at radius 2 is 1.58 bits per heavy atom. The van der Waals surface area contributed by atoms with Crippen molar-refractivity contribution >= 4 is 17.7 Å². The van der Waals surface area contributed by atoms with Crippen molar-refractivity contribution in [2.24, 2.45) is 11.8 Å². The molecule has 2 saturated heterocycles. The van der Waals surface area contributed by atoms with Gasteiger partial charge in [-0.1, -0.05) is 19.3 Å². The number of rotatable bonds is 6. The number of piperidine rings is 1. The Morgan fingerprint density at radius 1 is 0.958 bits per heavy atom. The third-order valence-corrected chi connectivity index (χ3v) is 5.66. The topological polar surface area (TPSA) is 69.7 Å². The molecule has 0 aromatic heterocycles. The van der Waals surface area contributed by atoms with Gasteiger partial charge in [-0.15, -0.1) is 0 Å². The molecule has 3 aliphatic rings. The van der Waals surface area contributed by atoms with Crippen LogP contribution in [0, 0.1) is 11.8 Å². The molecule has 1 saturated carbocycles. The van der Waals surface area contributed by atoms with E-state index in [1.54, 1.807) is 0 Å². The number of hydrogen-bond donors (Lipinski definition) is 1. The number of hydrogen-bond acceptors (Lipinski definition) is 4. The van der Waals surface area contributed by atoms with Crippen molar-refractivity contribution in [3.8, 4) is 0 Å². The molecule has 3 amide bonds. The minimum Gasteiger partial charge on any atom is -0.354 e. The van der Waals surface area contributed by atoms with E-state index in [4.69, 9.17) is 0 Å². The first-order chi connectivity index (χ1) is 11.7. The Hall–Kier alpha value is -1.43. The fourth-order valence-corrected chi connectivity index (χ4v) is 4.30. The molecule has 2 atom stereocenters. The van der Waals surface area contributed by atoms with Gasteiger partial charge in [0.15, 0.2) is 0 Å². The Kier molecular flexibility index (Phi) is 5.87. The van der Waals surface area contributed by atoms with E-state index in [-0.39, 0.29) is 36.1 Å². The summed E-state index contributed by atoms with van der Waals surface area (Å²) in [5.41, 5.74) is 0. The van der Waals surface area contributed by atoms with Crippen LogP contribution in [-0.4, -0.2) is 60.2 Å². The van der Waals surface area contributed by atoms with E-state index in [2.05, 4.69) is 10.2 Å². The lowest BCUT2D eigenvalue weighted by Crippen LogP contribution is -2.41. The standard InChI is InChI=1S/C18H29N3O3/c22-16(19-9-6-12-20-10-4-1-5-11-20)13-21-17(23)14-7-2-3-8-15(14)18(21)24/h14-15H,1-13H2,(H,19,22). The summed E-state index contributed by atoms with van der Waals surface area (Å²) in [5.74, 6) is -0.813. The third-order valence-electron chi connectivity index (χ3n) is 5.66. The number of likely N-dealkylation sites (tertiary alicyclic amines) is 2. The van der Waals surface area contributed by atoms with Gasteiger partial charge >= 0.3 is 0 Å². The fourth-order valence-electron chi connectivity index (χ4n) is 4.30. The van der Waals surface area contributed by atoms with Gasteiger partial charge in [-0.2, -0.15) is 0 Å². The zero-order chi connectivity index (χ0) is 16.9. The van der Waals surface area contributed by atoms with Crippen molar-refractivity contribution in [2.45, 2.75) is 51.4 Å². The first kappa shape index (κ1) is 17.4. The summed E-state index contributed by atoms with van der Waals surface area (Å²) in [6.07, 6.45) is 8.40. The molecule has 1 N–H and O–H groups in total. The molecule has 6 nitrogen and oxygen atoms in total. The van der Waals surface area contributed by atoms with Crippen LogP contribution in [0.25, 0.3) is 0 Å². The third kappa shape index (κ3) is 3.97. The average molecular weight is 335 g/mol. The van der Waals surface area contributed by atoms with Gasteiger partial charge in [-0.3, -0.25) is 19.3 Å². The highest BCUT2D eigenvalue weighted by Gasteiger charge is 2.48. The smallest absolute Gasteiger partial charge is 0.240 e. The monoisotopic (exact) mass is 335 g/mol. The normalized spacial score (nSPS) is 28.1. The Morgan fingerprint density at radius 3 is 2.21 bits per heavy atom. The van der Waals surface area contributed by atoms with Crippen molar-refractivity contribution in [1.82, 2.24) is 15.1 Å². The summed E-state index contributed by atoms with van der Waals surface area (Å²) in [6, 6.07) is 0. The number of nitrogens with zero attached hydrogens (tertiary/aromatic N) is 2. The van der Waals surface area contributed by atoms with Gasteiger partial charge in [0.25, 0.3) is 0 Å². The maximum Gasteiger partial charge on any atom is 0.240 e. The molecule has 0 aromatic carbocycles. The van der Waals surface area contributed by atoms with E-state index in [1.807, 2.05) is 0 Å². The van der Waals surface area contributed by atoms with Crippen LogP contribution < -0.4 is 5.32 Å². The first-order valence-electron chi connectivity index (χ1n) is 9.51. The van der Waals surface area contributed by atoms with Gasteiger partial charge in [0.1, 0.15) is 6.54 Å². The summed E-state index contributed by atoms with van der Waals surface area (Å²) in [5, 5.41) is 2.86. The second-order valence-electron chi connectivity index (χ2n) is 7.37. The largest absolute Gasteiger partial charge is 0.354 e. The van der Waals surface area contributed by atoms with Gasteiger partial charge in [0.05, 0.1) is 11.8 Å². The predicted molar refractivity (Wildman–Crippen MR) is 90.1 cm³/mol. The molecule has 0 bridgehead atoms. The van der Waals surface area contributed by atoms with E-state index in [0.29, 0.717) is 6.54 Å². The van der Waals surface area contributed by atoms with E-state index < -0.39 is 0 Å². The number of carbonyl (C=O) groups excluding carboxylic acids is 3. The van der Waals surface area contributed by atoms with Gasteiger partial charge < -0.3 is 10.2 Å². The van der Waals surface area contributed by atoms with Crippen molar-refractivity contribution in [3.05, 3.63) is 0 Å². The summed E-state index contributed by atoms with van der Waals surface area (Å²) in [4.78, 5) is 40.4. The zero-order valence-electron chi connectivity index (χ0n) is 14.5. The average Bonchev–Trinajstić information content (AvgIpc) is 2.85. The number of carbonyl (C=O) groups is 3. The van der Waals surface area contributed by atoms with Gasteiger partial charge in [0.2, 0.25) is 17.7 Å². The lowest BCUT2D eigenvalue weighted by Gasteiger charge is -2.26. The van der Waals surface area contributed by atoms with Crippen LogP contribution in [0.4, 0.5) is 0 Å². The SMILES string of the molecule is O=C(CN1C(=O)C2CCCCC2C1=O)NCCCN1CCCCC1. The number of nitrogens with one attached hydrogen (secondary N) is 1. The van der Waals surface area contributed by atoms with Crippen LogP contribution in [-0.2, 0) is 14.4 Å². The maximum absolute atomic E-state index is 12.3. The highest BCUT2D eigenvalue weighted by molar-refractivity contribution is 6.07. The fraction of sp³-hybridized carbons (Fsp3) is 0.833. The Bertz CT molecular complexity index is 464. The predicted octanol–water partition coefficient (Wildman–Crippen LogP) is 1.15. The molecule has 134 valence electrons. The molecule has 2 unspecified atom stereocenters. The molecule has 2 heterocycles. The Labute approximate surface area is 143 Å². The molecule has 3 rings (SSSR count). The molecule has 2 aliphatic heterocycles. The Balaban J connectivity index is 1.38. The van der Waals surface area contributed by atoms with E-state index in [9.17, 15) is 14.4 Å². The van der Waals surface area contributed by atoms with Crippen molar-refractivity contribution in [1.29, 1.82) is 0 Å². The number of fused-ring (bicyclic) bond motifs is 1. The second-order valence-corrected chi connectivity index (χ2v) is 7.37. The van der Waals surface area contributed by atoms with Gasteiger partial charge in [-0.05, 0) is 51.7 Å². The quantitative estimate of drug-likeness (QED) is 0.584. The molecule has 6 heteroatoms. The van der Waals surface area contributed by atoms with Crippen molar-refractivity contribution < 1.29 is 14.4 Å². The highest BCUT2D eigenvalue weighted by atomic mass is 16.2. The second kappa shape index (κ2) is 8.10. The van der Waals surface area contributed by atoms with E-state index in [1.165, 1.54) is 24.2 Å². The van der Waals surface area contributed by atoms with Crippen LogP contribution >= 0.6 is 0 Å². The number of amides is 3. The molecular formula is C18H29N3O3. The number of imide groups is 1. The molecule has 3 fully saturated rings. The van der Waals surface area contributed by atoms with Crippen molar-refractivity contribution in [2.75, 3.05) is 32.7 Å². The minimum atomic E-state index is -0.214. The van der Waals surface area contributed by atoms with Crippen LogP contribution in [0.1, 0.15) is 51.4 Å². The maximum atomic E-state index is 12.3. The van der Waals surface area contributed by atoms with E-state index >= 15 is 0 Å². The van der Waals surface area contributed by atoms with Gasteiger partial charge in [0, 0.05) is 6.54 Å². The summed E-state index contributed by atoms with van der Waals surface area (Å²) in [7, 11) is 0. The van der Waals surface area contributed by atoms with Crippen LogP contribution in [0.3, 0.4) is 0 Å².